The van der Waals surface area contributed by atoms with Gasteiger partial charge in [-0.05, 0) is 5.92 Å². The second kappa shape index (κ2) is 6.57. The smallest absolute Gasteiger partial charge is 0.747 e. The molecule has 0 N–H and O–H groups in total. The molecule has 0 saturated heterocycles. The Morgan fingerprint density at radius 2 is 1.07 bits per heavy atom. The van der Waals surface area contributed by atoms with Crippen molar-refractivity contribution in [2.24, 2.45) is 5.92 Å². The van der Waals surface area contributed by atoms with Crippen molar-refractivity contribution in [3.63, 3.8) is 0 Å². The normalized spacial score (nSPS) is 12.1. The molecule has 6 nitrogen and oxygen atoms in total. The molecule has 0 radical (unpaired) electrons. The van der Waals surface area contributed by atoms with Gasteiger partial charge in [-0.3, -0.25) is 0 Å². The fraction of sp³-hybridized carbons (Fsp3) is 1.00. The minimum absolute atomic E-state index is 0. The molecule has 0 aliphatic rings. The van der Waals surface area contributed by atoms with Gasteiger partial charge in [0.05, 0.1) is 0 Å². The Kier molecular flexibility index (Phi) is 9.58. The summed E-state index contributed by atoms with van der Waals surface area (Å²) in [6.45, 7) is 2.35. The molecule has 0 aliphatic carbocycles. The minimum Gasteiger partial charge on any atom is -0.747 e. The molecule has 74 valence electrons. The van der Waals surface area contributed by atoms with Crippen LogP contribution in [0.4, 0.5) is 0 Å². The van der Waals surface area contributed by atoms with Gasteiger partial charge < -0.3 is 9.11 Å². The van der Waals surface area contributed by atoms with Crippen LogP contribution < -0.4 is 37.7 Å². The summed E-state index contributed by atoms with van der Waals surface area (Å²) >= 11 is 0. The van der Waals surface area contributed by atoms with E-state index in [1.54, 1.807) is 0 Å². The van der Waals surface area contributed by atoms with Crippen LogP contribution in [0.25, 0.3) is 0 Å². The fourth-order valence-corrected chi connectivity index (χ4v) is 3.30. The molecule has 0 aliphatic heterocycles. The first-order valence-corrected chi connectivity index (χ1v) is 5.90. The van der Waals surface area contributed by atoms with Gasteiger partial charge in [-0.25, -0.2) is 16.8 Å². The summed E-state index contributed by atoms with van der Waals surface area (Å²) in [6.07, 6.45) is 0. The third-order valence-electron chi connectivity index (χ3n) is 1.11. The van der Waals surface area contributed by atoms with Crippen LogP contribution in [0.2, 0.25) is 0 Å². The molecule has 0 aromatic rings. The summed E-state index contributed by atoms with van der Waals surface area (Å²) in [5.41, 5.74) is 0. The van der Waals surface area contributed by atoms with Gasteiger partial charge in [-0.2, -0.15) is 0 Å². The minimum atomic E-state index is -5.07. The first-order valence-electron chi connectivity index (χ1n) is 2.96. The summed E-state index contributed by atoms with van der Waals surface area (Å²) in [5, 5.41) is 0. The Bertz CT molecular complexity index is 312. The van der Waals surface area contributed by atoms with Crippen LogP contribution in [0.1, 0.15) is 13.8 Å². The van der Waals surface area contributed by atoms with Crippen molar-refractivity contribution in [2.45, 2.75) is 18.4 Å². The molecule has 0 unspecified atom stereocenters. The van der Waals surface area contributed by atoms with Crippen LogP contribution in [0, 0.1) is 5.92 Å². The molecular weight excluding hydrogens is 222 g/mol. The molecule has 0 rings (SSSR count). The van der Waals surface area contributed by atoms with Gasteiger partial charge in [0.15, 0.2) is 0 Å². The van der Waals surface area contributed by atoms with Gasteiger partial charge in [0, 0.05) is 0 Å². The zero-order valence-corrected chi connectivity index (χ0v) is 10.1. The van der Waals surface area contributed by atoms with E-state index in [9.17, 15) is 25.9 Å². The molecule has 0 aromatic carbocycles. The van der Waals surface area contributed by atoms with Crippen molar-refractivity contribution in [3.8, 4) is 0 Å². The van der Waals surface area contributed by atoms with E-state index in [1.165, 1.54) is 13.8 Å². The standard InChI is InChI=1S/C4H10O6S2.2Li/c1-3(2)4(11(5,6)7)12(8,9)10;;/h3-4H,1-2H3,(H,5,6,7)(H,8,9,10);;/q;2*+1/p-2. The van der Waals surface area contributed by atoms with Crippen molar-refractivity contribution < 1.29 is 63.7 Å². The van der Waals surface area contributed by atoms with Crippen molar-refractivity contribution in [2.75, 3.05) is 0 Å². The van der Waals surface area contributed by atoms with Crippen molar-refractivity contribution in [1.29, 1.82) is 0 Å². The zero-order valence-electron chi connectivity index (χ0n) is 8.42. The molecule has 0 bridgehead atoms. The predicted molar refractivity (Wildman–Crippen MR) is 38.0 cm³/mol. The molecule has 14 heavy (non-hydrogen) atoms. The molecule has 10 heteroatoms. The molecule has 0 fully saturated rings. The fourth-order valence-electron chi connectivity index (χ4n) is 0.811. The molecule has 0 saturated carbocycles. The maximum Gasteiger partial charge on any atom is 1.00 e. The van der Waals surface area contributed by atoms with Gasteiger partial charge in [0.1, 0.15) is 24.8 Å². The van der Waals surface area contributed by atoms with Crippen molar-refractivity contribution >= 4 is 20.2 Å². The van der Waals surface area contributed by atoms with Crippen LogP contribution >= 0.6 is 0 Å². The van der Waals surface area contributed by atoms with Crippen LogP contribution in [-0.2, 0) is 20.2 Å². The summed E-state index contributed by atoms with van der Waals surface area (Å²) in [7, 11) is -10.1. The molecule has 0 amide bonds. The second-order valence-corrected chi connectivity index (χ2v) is 5.88. The monoisotopic (exact) mass is 230 g/mol. The average molecular weight is 230 g/mol. The third kappa shape index (κ3) is 6.49. The third-order valence-corrected chi connectivity index (χ3v) is 4.75. The van der Waals surface area contributed by atoms with Gasteiger partial charge >= 0.3 is 37.7 Å². The van der Waals surface area contributed by atoms with E-state index in [0.717, 1.165) is 0 Å². The molecular formula is C4H8Li2O6S2. The van der Waals surface area contributed by atoms with E-state index in [0.29, 0.717) is 0 Å². The largest absolute Gasteiger partial charge is 1.00 e. The quantitative estimate of drug-likeness (QED) is 0.351. The first-order chi connectivity index (χ1) is 5.07. The Morgan fingerprint density at radius 3 is 1.07 bits per heavy atom. The van der Waals surface area contributed by atoms with E-state index in [4.69, 9.17) is 0 Å². The van der Waals surface area contributed by atoms with Crippen molar-refractivity contribution in [1.82, 2.24) is 0 Å². The Labute approximate surface area is 108 Å². The SMILES string of the molecule is CC(C)C(S(=O)(=O)[O-])S(=O)(=O)[O-].[Li+].[Li+]. The number of hydrogen-bond acceptors (Lipinski definition) is 6. The van der Waals surface area contributed by atoms with Crippen LogP contribution in [0.15, 0.2) is 0 Å². The molecule has 0 aromatic heterocycles. The van der Waals surface area contributed by atoms with E-state index < -0.39 is 30.7 Å². The second-order valence-electron chi connectivity index (χ2n) is 2.60. The average Bonchev–Trinajstić information content (AvgIpc) is 1.49. The topological polar surface area (TPSA) is 114 Å². The Balaban J connectivity index is -0.000000605. The molecule has 0 atom stereocenters. The van der Waals surface area contributed by atoms with Crippen LogP contribution in [-0.4, -0.2) is 30.5 Å². The summed E-state index contributed by atoms with van der Waals surface area (Å²) in [4.78, 5) is 0. The van der Waals surface area contributed by atoms with E-state index >= 15 is 0 Å². The van der Waals surface area contributed by atoms with Crippen molar-refractivity contribution in [3.05, 3.63) is 0 Å². The molecule has 0 heterocycles. The van der Waals surface area contributed by atoms with Gasteiger partial charge in [-0.15, -0.1) is 0 Å². The Hall–Kier alpha value is 1.01. The number of rotatable bonds is 3. The summed E-state index contributed by atoms with van der Waals surface area (Å²) in [5.74, 6) is -1.03. The Morgan fingerprint density at radius 1 is 0.857 bits per heavy atom. The zero-order chi connectivity index (χ0) is 10.2. The van der Waals surface area contributed by atoms with Gasteiger partial charge in [-0.1, -0.05) is 13.8 Å². The van der Waals surface area contributed by atoms with Crippen LogP contribution in [0.3, 0.4) is 0 Å². The maximum atomic E-state index is 10.3. The predicted octanol–water partition coefficient (Wildman–Crippen LogP) is -6.93. The van der Waals surface area contributed by atoms with E-state index in [-0.39, 0.29) is 37.7 Å². The van der Waals surface area contributed by atoms with E-state index in [1.807, 2.05) is 0 Å². The van der Waals surface area contributed by atoms with Gasteiger partial charge in [0.25, 0.3) is 0 Å². The first kappa shape index (κ1) is 20.4. The van der Waals surface area contributed by atoms with E-state index in [2.05, 4.69) is 0 Å². The summed E-state index contributed by atoms with van der Waals surface area (Å²) in [6, 6.07) is 0. The van der Waals surface area contributed by atoms with Gasteiger partial charge in [0.2, 0.25) is 0 Å². The molecule has 0 spiro atoms. The van der Waals surface area contributed by atoms with Crippen LogP contribution in [0.5, 0.6) is 0 Å². The number of hydrogen-bond donors (Lipinski definition) is 0. The summed E-state index contributed by atoms with van der Waals surface area (Å²) < 4.78 is 59.3. The maximum absolute atomic E-state index is 10.3.